The van der Waals surface area contributed by atoms with Crippen LogP contribution in [-0.2, 0) is 46.3 Å². The summed E-state index contributed by atoms with van der Waals surface area (Å²) < 4.78 is 52.8. The van der Waals surface area contributed by atoms with Gasteiger partial charge in [-0.15, -0.1) is 0 Å². The number of rotatable bonds is 43. The molecule has 17 heteroatoms. The van der Waals surface area contributed by atoms with Crippen molar-refractivity contribution in [3.63, 3.8) is 0 Å². The molecule has 5 N–H and O–H groups in total. The van der Waals surface area contributed by atoms with Crippen molar-refractivity contribution < 1.29 is 71.4 Å². The van der Waals surface area contributed by atoms with Gasteiger partial charge in [-0.25, -0.2) is 9.13 Å². The summed E-state index contributed by atoms with van der Waals surface area (Å²) in [6.07, 6.45) is 33.0. The fraction of sp³-hybridized carbons (Fsp3) is 0.814. The van der Waals surface area contributed by atoms with Crippen LogP contribution in [0.2, 0.25) is 0 Å². The minimum absolute atomic E-state index is 0.0908. The van der Waals surface area contributed by atoms with Crippen LogP contribution >= 0.6 is 15.6 Å². The number of hydrogen-bond donors (Lipinski definition) is 5. The van der Waals surface area contributed by atoms with E-state index in [1.54, 1.807) is 0 Å². The van der Waals surface area contributed by atoms with Gasteiger partial charge < -0.3 is 34.6 Å². The van der Waals surface area contributed by atoms with Crippen molar-refractivity contribution in [2.45, 2.75) is 186 Å². The SMILES string of the molecule is CCCCCC/C=C\CCCCCCCCCC(=O)OCC(O)COP(=O)(O)OCC(O)COP(=O)(O)OCC(O)COC(=O)CC/C=C/C/C=C\CCCCCCCC. The van der Waals surface area contributed by atoms with Crippen LogP contribution in [0, 0.1) is 0 Å². The molecule has 0 spiro atoms. The lowest BCUT2D eigenvalue weighted by Crippen LogP contribution is -2.25. The van der Waals surface area contributed by atoms with E-state index < -0.39 is 85.5 Å². The molecule has 0 aromatic rings. The Morgan fingerprint density at radius 2 is 0.750 bits per heavy atom. The number of unbranched alkanes of at least 4 members (excludes halogenated alkanes) is 17. The zero-order chi connectivity index (χ0) is 44.6. The van der Waals surface area contributed by atoms with Crippen LogP contribution in [-0.4, -0.2) is 95.0 Å². The maximum Gasteiger partial charge on any atom is 0.472 e. The zero-order valence-corrected chi connectivity index (χ0v) is 38.4. The van der Waals surface area contributed by atoms with Gasteiger partial charge >= 0.3 is 27.6 Å². The second-order valence-corrected chi connectivity index (χ2v) is 18.0. The zero-order valence-electron chi connectivity index (χ0n) is 36.6. The Morgan fingerprint density at radius 3 is 1.18 bits per heavy atom. The number of aliphatic hydroxyl groups excluding tert-OH is 3. The summed E-state index contributed by atoms with van der Waals surface area (Å²) >= 11 is 0. The number of phosphoric acid groups is 2. The van der Waals surface area contributed by atoms with E-state index in [-0.39, 0.29) is 12.8 Å². The quantitative estimate of drug-likeness (QED) is 0.0166. The Kier molecular flexibility index (Phi) is 38.9. The van der Waals surface area contributed by atoms with Crippen molar-refractivity contribution in [1.29, 1.82) is 0 Å². The highest BCUT2D eigenvalue weighted by Crippen LogP contribution is 2.45. The van der Waals surface area contributed by atoms with Gasteiger partial charge in [-0.1, -0.05) is 134 Å². The van der Waals surface area contributed by atoms with Crippen LogP contribution in [0.4, 0.5) is 0 Å². The summed E-state index contributed by atoms with van der Waals surface area (Å²) in [6, 6.07) is 0. The van der Waals surface area contributed by atoms with Gasteiger partial charge in [0.25, 0.3) is 0 Å². The van der Waals surface area contributed by atoms with Crippen molar-refractivity contribution >= 4 is 27.6 Å². The maximum absolute atomic E-state index is 12.1. The molecule has 0 saturated heterocycles. The highest BCUT2D eigenvalue weighted by molar-refractivity contribution is 7.47. The van der Waals surface area contributed by atoms with E-state index in [2.05, 4.69) is 56.2 Å². The monoisotopic (exact) mass is 898 g/mol. The third-order valence-corrected chi connectivity index (χ3v) is 11.0. The lowest BCUT2D eigenvalue weighted by Gasteiger charge is -2.19. The highest BCUT2D eigenvalue weighted by atomic mass is 31.2. The third-order valence-electron chi connectivity index (χ3n) is 9.08. The van der Waals surface area contributed by atoms with Gasteiger partial charge in [0.2, 0.25) is 0 Å². The van der Waals surface area contributed by atoms with Crippen molar-refractivity contribution in [1.82, 2.24) is 0 Å². The molecule has 0 aromatic carbocycles. The molecule has 0 radical (unpaired) electrons. The average Bonchev–Trinajstić information content (AvgIpc) is 3.22. The second kappa shape index (κ2) is 40.1. The number of ether oxygens (including phenoxy) is 2. The lowest BCUT2D eigenvalue weighted by molar-refractivity contribution is -0.148. The molecule has 60 heavy (non-hydrogen) atoms. The summed E-state index contributed by atoms with van der Waals surface area (Å²) in [6.45, 7) is 0.314. The second-order valence-electron chi connectivity index (χ2n) is 15.1. The van der Waals surface area contributed by atoms with Crippen molar-refractivity contribution in [2.24, 2.45) is 0 Å². The van der Waals surface area contributed by atoms with Crippen LogP contribution in [0.5, 0.6) is 0 Å². The van der Waals surface area contributed by atoms with E-state index in [9.17, 15) is 43.8 Å². The molecule has 0 aliphatic heterocycles. The molecule has 352 valence electrons. The molecule has 5 atom stereocenters. The molecule has 0 fully saturated rings. The molecule has 0 saturated carbocycles. The van der Waals surface area contributed by atoms with Crippen LogP contribution in [0.15, 0.2) is 36.5 Å². The first kappa shape index (κ1) is 58.3. The third kappa shape index (κ3) is 41.6. The van der Waals surface area contributed by atoms with Crippen molar-refractivity contribution in [2.75, 3.05) is 39.6 Å². The van der Waals surface area contributed by atoms with Gasteiger partial charge in [0, 0.05) is 12.8 Å². The molecular weight excluding hydrogens is 818 g/mol. The Labute approximate surface area is 360 Å². The van der Waals surface area contributed by atoms with E-state index in [0.29, 0.717) is 12.8 Å². The molecule has 0 aliphatic rings. The Morgan fingerprint density at radius 1 is 0.433 bits per heavy atom. The van der Waals surface area contributed by atoms with Gasteiger partial charge in [-0.05, 0) is 57.8 Å². The highest BCUT2D eigenvalue weighted by Gasteiger charge is 2.28. The fourth-order valence-electron chi connectivity index (χ4n) is 5.55. The minimum Gasteiger partial charge on any atom is -0.463 e. The first-order valence-electron chi connectivity index (χ1n) is 22.3. The van der Waals surface area contributed by atoms with Gasteiger partial charge in [0.1, 0.15) is 31.5 Å². The molecular formula is C43H80O15P2. The van der Waals surface area contributed by atoms with Gasteiger partial charge in [0.15, 0.2) is 0 Å². The van der Waals surface area contributed by atoms with E-state index in [0.717, 1.165) is 44.9 Å². The smallest absolute Gasteiger partial charge is 0.463 e. The predicted octanol–water partition coefficient (Wildman–Crippen LogP) is 9.49. The Balaban J connectivity index is 3.96. The molecule has 0 heterocycles. The molecule has 15 nitrogen and oxygen atoms in total. The first-order chi connectivity index (χ1) is 28.8. The average molecular weight is 899 g/mol. The normalized spacial score (nSPS) is 15.7. The van der Waals surface area contributed by atoms with Crippen LogP contribution in [0.3, 0.4) is 0 Å². The lowest BCUT2D eigenvalue weighted by atomic mass is 10.1. The van der Waals surface area contributed by atoms with Crippen LogP contribution < -0.4 is 0 Å². The van der Waals surface area contributed by atoms with E-state index in [1.165, 1.54) is 83.5 Å². The number of allylic oxidation sites excluding steroid dienone is 6. The largest absolute Gasteiger partial charge is 0.472 e. The molecule has 5 unspecified atom stereocenters. The molecule has 0 amide bonds. The van der Waals surface area contributed by atoms with Gasteiger partial charge in [0.05, 0.1) is 26.4 Å². The maximum atomic E-state index is 12.1. The number of phosphoric ester groups is 2. The summed E-state index contributed by atoms with van der Waals surface area (Å²) in [5.74, 6) is -1.07. The minimum atomic E-state index is -4.79. The van der Waals surface area contributed by atoms with Crippen molar-refractivity contribution in [3.8, 4) is 0 Å². The van der Waals surface area contributed by atoms with Crippen molar-refractivity contribution in [3.05, 3.63) is 36.5 Å². The number of carbonyl (C=O) groups excluding carboxylic acids is 2. The predicted molar refractivity (Wildman–Crippen MR) is 233 cm³/mol. The first-order valence-corrected chi connectivity index (χ1v) is 25.3. The summed E-state index contributed by atoms with van der Waals surface area (Å²) in [7, 11) is -9.58. The molecule has 0 aromatic heterocycles. The van der Waals surface area contributed by atoms with E-state index in [4.69, 9.17) is 9.47 Å². The van der Waals surface area contributed by atoms with Crippen LogP contribution in [0.25, 0.3) is 0 Å². The van der Waals surface area contributed by atoms with E-state index in [1.807, 2.05) is 12.2 Å². The summed E-state index contributed by atoms with van der Waals surface area (Å²) in [4.78, 5) is 43.6. The Hall–Kier alpha value is -1.74. The standard InChI is InChI=1S/C43H80O15P2/c1-3-5-7-9-11-13-15-17-18-20-22-24-26-28-30-32-43(48)54-34-40(45)36-56-60(51,52)58-38-41(46)37-57-59(49,50)55-35-39(44)33-53-42(47)31-29-27-25-23-21-19-16-14-12-10-8-6-4-2/h13,15,19,21,25,27,39-41,44-46H,3-12,14,16-18,20,22-24,26,28-38H2,1-2H3,(H,49,50)(H,51,52)/b15-13-,21-19-,27-25+. The van der Waals surface area contributed by atoms with Crippen LogP contribution in [0.1, 0.15) is 168 Å². The number of esters is 2. The summed E-state index contributed by atoms with van der Waals surface area (Å²) in [5, 5.41) is 29.9. The van der Waals surface area contributed by atoms with E-state index >= 15 is 0 Å². The Bertz CT molecular complexity index is 1230. The van der Waals surface area contributed by atoms with Gasteiger partial charge in [-0.3, -0.25) is 27.7 Å². The number of carbonyl (C=O) groups is 2. The number of hydrogen-bond acceptors (Lipinski definition) is 13. The number of aliphatic hydroxyl groups is 3. The summed E-state index contributed by atoms with van der Waals surface area (Å²) in [5.41, 5.74) is 0. The topological polar surface area (TPSA) is 225 Å². The van der Waals surface area contributed by atoms with Gasteiger partial charge in [-0.2, -0.15) is 0 Å². The molecule has 0 aliphatic carbocycles. The molecule has 0 rings (SSSR count). The fourth-order valence-corrected chi connectivity index (χ4v) is 7.14. The molecule has 0 bridgehead atoms.